The second kappa shape index (κ2) is 6.18. The molecule has 3 heteroatoms. The second-order valence-corrected chi connectivity index (χ2v) is 5.67. The standard InChI is InChI=1S/C16H22FNO/c1-12(2)15-4-3-11-18(15)16(19)10-7-13-5-8-14(17)9-6-13/h5-6,8-9,12,15H,3-4,7,10-11H2,1-2H3/t15-/m0/s1. The molecule has 1 aliphatic heterocycles. The van der Waals surface area contributed by atoms with E-state index in [0.717, 1.165) is 24.9 Å². The van der Waals surface area contributed by atoms with Gasteiger partial charge in [0.15, 0.2) is 0 Å². The molecular formula is C16H22FNO. The van der Waals surface area contributed by atoms with Crippen LogP contribution in [-0.4, -0.2) is 23.4 Å². The summed E-state index contributed by atoms with van der Waals surface area (Å²) in [6.45, 7) is 5.25. The number of aryl methyl sites for hydroxylation is 1. The fraction of sp³-hybridized carbons (Fsp3) is 0.562. The zero-order valence-corrected chi connectivity index (χ0v) is 11.7. The normalized spacial score (nSPS) is 19.2. The molecule has 104 valence electrons. The molecule has 1 aromatic carbocycles. The first kappa shape index (κ1) is 14.0. The number of hydrogen-bond acceptors (Lipinski definition) is 1. The molecule has 1 fully saturated rings. The molecule has 0 N–H and O–H groups in total. The van der Waals surface area contributed by atoms with Crippen LogP contribution in [0.5, 0.6) is 0 Å². The summed E-state index contributed by atoms with van der Waals surface area (Å²) >= 11 is 0. The Morgan fingerprint density at radius 1 is 1.37 bits per heavy atom. The van der Waals surface area contributed by atoms with Crippen LogP contribution < -0.4 is 0 Å². The predicted molar refractivity (Wildman–Crippen MR) is 74.3 cm³/mol. The first-order valence-electron chi connectivity index (χ1n) is 7.12. The molecule has 2 nitrogen and oxygen atoms in total. The molecule has 0 spiro atoms. The highest BCUT2D eigenvalue weighted by Crippen LogP contribution is 2.24. The van der Waals surface area contributed by atoms with E-state index in [1.54, 1.807) is 12.1 Å². The summed E-state index contributed by atoms with van der Waals surface area (Å²) in [5, 5.41) is 0. The summed E-state index contributed by atoms with van der Waals surface area (Å²) in [6.07, 6.45) is 3.46. The summed E-state index contributed by atoms with van der Waals surface area (Å²) in [4.78, 5) is 14.3. The van der Waals surface area contributed by atoms with Crippen molar-refractivity contribution >= 4 is 5.91 Å². The van der Waals surface area contributed by atoms with Crippen molar-refractivity contribution in [3.05, 3.63) is 35.6 Å². The molecule has 1 heterocycles. The minimum atomic E-state index is -0.227. The largest absolute Gasteiger partial charge is 0.339 e. The molecule has 0 unspecified atom stereocenters. The maximum Gasteiger partial charge on any atom is 0.223 e. The van der Waals surface area contributed by atoms with E-state index in [9.17, 15) is 9.18 Å². The van der Waals surface area contributed by atoms with Crippen LogP contribution in [0.4, 0.5) is 4.39 Å². The van der Waals surface area contributed by atoms with Gasteiger partial charge in [-0.05, 0) is 42.9 Å². The van der Waals surface area contributed by atoms with Crippen LogP contribution in [0, 0.1) is 11.7 Å². The van der Waals surface area contributed by atoms with Crippen LogP contribution in [0.1, 0.15) is 38.7 Å². The number of nitrogens with zero attached hydrogens (tertiary/aromatic N) is 1. The average Bonchev–Trinajstić information content (AvgIpc) is 2.87. The number of rotatable bonds is 4. The topological polar surface area (TPSA) is 20.3 Å². The quantitative estimate of drug-likeness (QED) is 0.815. The van der Waals surface area contributed by atoms with Crippen molar-refractivity contribution < 1.29 is 9.18 Å². The number of hydrogen-bond donors (Lipinski definition) is 0. The van der Waals surface area contributed by atoms with Crippen molar-refractivity contribution in [1.29, 1.82) is 0 Å². The van der Waals surface area contributed by atoms with Gasteiger partial charge < -0.3 is 4.90 Å². The minimum absolute atomic E-state index is 0.227. The van der Waals surface area contributed by atoms with Crippen molar-refractivity contribution in [3.8, 4) is 0 Å². The van der Waals surface area contributed by atoms with Gasteiger partial charge in [-0.3, -0.25) is 4.79 Å². The SMILES string of the molecule is CC(C)[C@@H]1CCCN1C(=O)CCc1ccc(F)cc1. The minimum Gasteiger partial charge on any atom is -0.339 e. The van der Waals surface area contributed by atoms with Gasteiger partial charge in [-0.15, -0.1) is 0 Å². The molecule has 0 aromatic heterocycles. The number of carbonyl (C=O) groups is 1. The predicted octanol–water partition coefficient (Wildman–Crippen LogP) is 3.41. The molecule has 0 bridgehead atoms. The molecule has 0 aliphatic carbocycles. The molecule has 1 aromatic rings. The van der Waals surface area contributed by atoms with Crippen LogP contribution in [0.3, 0.4) is 0 Å². The van der Waals surface area contributed by atoms with Gasteiger partial charge >= 0.3 is 0 Å². The molecule has 0 saturated carbocycles. The molecule has 1 saturated heterocycles. The van der Waals surface area contributed by atoms with Gasteiger partial charge in [0.05, 0.1) is 0 Å². The Morgan fingerprint density at radius 2 is 2.05 bits per heavy atom. The maximum absolute atomic E-state index is 12.8. The Bertz CT molecular complexity index is 427. The van der Waals surface area contributed by atoms with E-state index in [-0.39, 0.29) is 11.7 Å². The molecule has 1 aliphatic rings. The summed E-state index contributed by atoms with van der Waals surface area (Å²) in [5.74, 6) is 0.535. The van der Waals surface area contributed by atoms with Gasteiger partial charge in [0, 0.05) is 19.0 Å². The van der Waals surface area contributed by atoms with Gasteiger partial charge in [-0.25, -0.2) is 4.39 Å². The summed E-state index contributed by atoms with van der Waals surface area (Å²) < 4.78 is 12.8. The summed E-state index contributed by atoms with van der Waals surface area (Å²) in [7, 11) is 0. The van der Waals surface area contributed by atoms with E-state index in [0.29, 0.717) is 24.8 Å². The lowest BCUT2D eigenvalue weighted by molar-refractivity contribution is -0.132. The number of carbonyl (C=O) groups excluding carboxylic acids is 1. The first-order valence-corrected chi connectivity index (χ1v) is 7.12. The highest BCUT2D eigenvalue weighted by molar-refractivity contribution is 5.77. The Balaban J connectivity index is 1.89. The van der Waals surface area contributed by atoms with E-state index < -0.39 is 0 Å². The van der Waals surface area contributed by atoms with E-state index in [1.165, 1.54) is 12.1 Å². The maximum atomic E-state index is 12.8. The number of halogens is 1. The van der Waals surface area contributed by atoms with Crippen LogP contribution >= 0.6 is 0 Å². The zero-order chi connectivity index (χ0) is 13.8. The Hall–Kier alpha value is -1.38. The van der Waals surface area contributed by atoms with Gasteiger partial charge in [0.25, 0.3) is 0 Å². The van der Waals surface area contributed by atoms with Crippen LogP contribution in [0.15, 0.2) is 24.3 Å². The second-order valence-electron chi connectivity index (χ2n) is 5.67. The third kappa shape index (κ3) is 3.55. The number of amides is 1. The number of benzene rings is 1. The average molecular weight is 263 g/mol. The molecule has 1 atom stereocenters. The molecular weight excluding hydrogens is 241 g/mol. The highest BCUT2D eigenvalue weighted by Gasteiger charge is 2.30. The molecule has 1 amide bonds. The van der Waals surface area contributed by atoms with Gasteiger partial charge in [-0.1, -0.05) is 26.0 Å². The van der Waals surface area contributed by atoms with E-state index >= 15 is 0 Å². The fourth-order valence-electron chi connectivity index (χ4n) is 2.84. The zero-order valence-electron chi connectivity index (χ0n) is 11.7. The van der Waals surface area contributed by atoms with Gasteiger partial charge in [0.1, 0.15) is 5.82 Å². The smallest absolute Gasteiger partial charge is 0.223 e. The first-order chi connectivity index (χ1) is 9.08. The van der Waals surface area contributed by atoms with Crippen molar-refractivity contribution in [3.63, 3.8) is 0 Å². The summed E-state index contributed by atoms with van der Waals surface area (Å²) in [6, 6.07) is 6.82. The van der Waals surface area contributed by atoms with E-state index in [2.05, 4.69) is 13.8 Å². The Kier molecular flexibility index (Phi) is 4.56. The van der Waals surface area contributed by atoms with Crippen LogP contribution in [-0.2, 0) is 11.2 Å². The monoisotopic (exact) mass is 263 g/mol. The molecule has 0 radical (unpaired) electrons. The van der Waals surface area contributed by atoms with E-state index in [1.807, 2.05) is 4.90 Å². The number of likely N-dealkylation sites (tertiary alicyclic amines) is 1. The summed E-state index contributed by atoms with van der Waals surface area (Å²) in [5.41, 5.74) is 1.02. The van der Waals surface area contributed by atoms with Crippen LogP contribution in [0.25, 0.3) is 0 Å². The Labute approximate surface area is 114 Å². The Morgan fingerprint density at radius 3 is 2.68 bits per heavy atom. The third-order valence-electron chi connectivity index (χ3n) is 3.93. The van der Waals surface area contributed by atoms with Gasteiger partial charge in [0.2, 0.25) is 5.91 Å². The highest BCUT2D eigenvalue weighted by atomic mass is 19.1. The molecule has 2 rings (SSSR count). The lowest BCUT2D eigenvalue weighted by Crippen LogP contribution is -2.38. The van der Waals surface area contributed by atoms with Crippen molar-refractivity contribution in [2.75, 3.05) is 6.54 Å². The third-order valence-corrected chi connectivity index (χ3v) is 3.93. The van der Waals surface area contributed by atoms with Crippen molar-refractivity contribution in [2.24, 2.45) is 5.92 Å². The lowest BCUT2D eigenvalue weighted by Gasteiger charge is -2.27. The van der Waals surface area contributed by atoms with Gasteiger partial charge in [-0.2, -0.15) is 0 Å². The van der Waals surface area contributed by atoms with Crippen LogP contribution in [0.2, 0.25) is 0 Å². The van der Waals surface area contributed by atoms with Crippen molar-refractivity contribution in [1.82, 2.24) is 4.90 Å². The van der Waals surface area contributed by atoms with E-state index in [4.69, 9.17) is 0 Å². The fourth-order valence-corrected chi connectivity index (χ4v) is 2.84. The lowest BCUT2D eigenvalue weighted by atomic mass is 10.0. The molecule has 19 heavy (non-hydrogen) atoms. The van der Waals surface area contributed by atoms with Crippen molar-refractivity contribution in [2.45, 2.75) is 45.6 Å².